The maximum atomic E-state index is 10.8. The quantitative estimate of drug-likeness (QED) is 0.498. The highest BCUT2D eigenvalue weighted by Gasteiger charge is 2.26. The van der Waals surface area contributed by atoms with Crippen LogP contribution in [0.1, 0.15) is 6.42 Å². The summed E-state index contributed by atoms with van der Waals surface area (Å²) in [7, 11) is 3.33. The smallest absolute Gasteiger partial charge is 0.224 e. The van der Waals surface area contributed by atoms with Crippen LogP contribution in [0.5, 0.6) is 0 Å². The number of rotatable bonds is 1. The predicted octanol–water partition coefficient (Wildman–Crippen LogP) is 0.0253. The summed E-state index contributed by atoms with van der Waals surface area (Å²) in [6.07, 6.45) is 2.26. The Kier molecular flexibility index (Phi) is 1.71. The molecule has 1 heterocycles. The number of methoxy groups -OCH3 is 1. The Labute approximate surface area is 54.6 Å². The van der Waals surface area contributed by atoms with E-state index in [1.807, 2.05) is 6.42 Å². The number of carbonyl (C=O) groups excluding carboxylic acids is 1. The molecule has 1 aliphatic rings. The highest BCUT2D eigenvalue weighted by Crippen LogP contribution is 2.14. The van der Waals surface area contributed by atoms with Crippen LogP contribution in [0.3, 0.4) is 0 Å². The van der Waals surface area contributed by atoms with Gasteiger partial charge in [0.15, 0.2) is 0 Å². The van der Waals surface area contributed by atoms with E-state index in [1.165, 1.54) is 0 Å². The summed E-state index contributed by atoms with van der Waals surface area (Å²) in [5, 5.41) is 0. The molecular formula is C6H10NO2. The molecule has 0 aromatic carbocycles. The van der Waals surface area contributed by atoms with E-state index in [0.29, 0.717) is 6.42 Å². The Morgan fingerprint density at radius 3 is 2.78 bits per heavy atom. The normalized spacial score (nSPS) is 27.6. The molecule has 0 bridgehead atoms. The standard InChI is InChI=1S/C6H10NO2/c1-7-5(8)3-4-6(7)9-2/h4,6H,3H2,1-2H3. The van der Waals surface area contributed by atoms with E-state index in [0.717, 1.165) is 0 Å². The van der Waals surface area contributed by atoms with Crippen LogP contribution in [-0.2, 0) is 9.53 Å². The summed E-state index contributed by atoms with van der Waals surface area (Å²) < 4.78 is 4.94. The van der Waals surface area contributed by atoms with Gasteiger partial charge in [-0.15, -0.1) is 0 Å². The van der Waals surface area contributed by atoms with Crippen molar-refractivity contribution in [2.75, 3.05) is 14.2 Å². The number of likely N-dealkylation sites (tertiary alicyclic amines) is 1. The second-order valence-electron chi connectivity index (χ2n) is 2.07. The zero-order valence-electron chi connectivity index (χ0n) is 5.63. The van der Waals surface area contributed by atoms with Crippen molar-refractivity contribution in [3.05, 3.63) is 6.42 Å². The average Bonchev–Trinajstić information content (AvgIpc) is 2.15. The predicted molar refractivity (Wildman–Crippen MR) is 32.5 cm³/mol. The van der Waals surface area contributed by atoms with Gasteiger partial charge >= 0.3 is 0 Å². The molecule has 1 saturated heterocycles. The van der Waals surface area contributed by atoms with Gasteiger partial charge in [0.2, 0.25) is 5.91 Å². The summed E-state index contributed by atoms with van der Waals surface area (Å²) in [5.41, 5.74) is 0. The minimum atomic E-state index is -0.0995. The second kappa shape index (κ2) is 2.35. The van der Waals surface area contributed by atoms with E-state index in [4.69, 9.17) is 4.74 Å². The molecule has 0 saturated carbocycles. The fourth-order valence-electron chi connectivity index (χ4n) is 0.900. The van der Waals surface area contributed by atoms with Gasteiger partial charge in [0.25, 0.3) is 0 Å². The first-order chi connectivity index (χ1) is 4.25. The Morgan fingerprint density at radius 2 is 2.56 bits per heavy atom. The van der Waals surface area contributed by atoms with Gasteiger partial charge in [0.1, 0.15) is 6.23 Å². The molecule has 1 atom stereocenters. The van der Waals surface area contributed by atoms with E-state index < -0.39 is 0 Å². The largest absolute Gasteiger partial charge is 0.361 e. The van der Waals surface area contributed by atoms with Crippen LogP contribution in [0.4, 0.5) is 0 Å². The molecule has 1 amide bonds. The molecule has 3 nitrogen and oxygen atoms in total. The van der Waals surface area contributed by atoms with Gasteiger partial charge < -0.3 is 9.64 Å². The molecule has 1 radical (unpaired) electrons. The van der Waals surface area contributed by atoms with E-state index in [1.54, 1.807) is 19.1 Å². The van der Waals surface area contributed by atoms with Crippen molar-refractivity contribution in [3.63, 3.8) is 0 Å². The van der Waals surface area contributed by atoms with Crippen molar-refractivity contribution in [1.29, 1.82) is 0 Å². The Morgan fingerprint density at radius 1 is 1.89 bits per heavy atom. The molecule has 1 rings (SSSR count). The van der Waals surface area contributed by atoms with E-state index >= 15 is 0 Å². The summed E-state index contributed by atoms with van der Waals surface area (Å²) in [5.74, 6) is 0.127. The maximum Gasteiger partial charge on any atom is 0.224 e. The van der Waals surface area contributed by atoms with Crippen molar-refractivity contribution < 1.29 is 9.53 Å². The zero-order chi connectivity index (χ0) is 6.85. The van der Waals surface area contributed by atoms with Crippen molar-refractivity contribution in [3.8, 4) is 0 Å². The van der Waals surface area contributed by atoms with Crippen molar-refractivity contribution in [2.24, 2.45) is 0 Å². The zero-order valence-corrected chi connectivity index (χ0v) is 5.63. The molecular weight excluding hydrogens is 118 g/mol. The molecule has 0 spiro atoms. The van der Waals surface area contributed by atoms with Crippen LogP contribution in [0, 0.1) is 6.42 Å². The van der Waals surface area contributed by atoms with Crippen LogP contribution in [-0.4, -0.2) is 31.2 Å². The van der Waals surface area contributed by atoms with Crippen LogP contribution >= 0.6 is 0 Å². The van der Waals surface area contributed by atoms with Crippen molar-refractivity contribution in [2.45, 2.75) is 12.6 Å². The van der Waals surface area contributed by atoms with Gasteiger partial charge in [-0.25, -0.2) is 0 Å². The lowest BCUT2D eigenvalue weighted by Gasteiger charge is -2.16. The molecule has 3 heteroatoms. The first-order valence-corrected chi connectivity index (χ1v) is 2.87. The second-order valence-corrected chi connectivity index (χ2v) is 2.07. The fraction of sp³-hybridized carbons (Fsp3) is 0.667. The van der Waals surface area contributed by atoms with Crippen LogP contribution in [0.25, 0.3) is 0 Å². The van der Waals surface area contributed by atoms with E-state index in [9.17, 15) is 4.79 Å². The SMILES string of the molecule is COC1[CH]CC(=O)N1C. The summed E-state index contributed by atoms with van der Waals surface area (Å²) in [6, 6.07) is 0. The van der Waals surface area contributed by atoms with Crippen molar-refractivity contribution >= 4 is 5.91 Å². The molecule has 1 unspecified atom stereocenters. The van der Waals surface area contributed by atoms with Gasteiger partial charge in [-0.3, -0.25) is 4.79 Å². The number of ether oxygens (including phenoxy) is 1. The molecule has 0 N–H and O–H groups in total. The minimum Gasteiger partial charge on any atom is -0.361 e. The van der Waals surface area contributed by atoms with Crippen LogP contribution in [0.2, 0.25) is 0 Å². The van der Waals surface area contributed by atoms with E-state index in [2.05, 4.69) is 0 Å². The fourth-order valence-corrected chi connectivity index (χ4v) is 0.900. The lowest BCUT2D eigenvalue weighted by atomic mass is 10.4. The highest BCUT2D eigenvalue weighted by atomic mass is 16.5. The van der Waals surface area contributed by atoms with Gasteiger partial charge in [0.05, 0.1) is 0 Å². The van der Waals surface area contributed by atoms with Crippen molar-refractivity contribution in [1.82, 2.24) is 4.90 Å². The molecule has 9 heavy (non-hydrogen) atoms. The Balaban J connectivity index is 2.51. The van der Waals surface area contributed by atoms with Gasteiger partial charge in [0, 0.05) is 27.0 Å². The minimum absolute atomic E-state index is 0.0995. The number of carbonyl (C=O) groups is 1. The van der Waals surface area contributed by atoms with Crippen LogP contribution < -0.4 is 0 Å². The third-order valence-corrected chi connectivity index (χ3v) is 1.51. The average molecular weight is 128 g/mol. The third-order valence-electron chi connectivity index (χ3n) is 1.51. The third kappa shape index (κ3) is 1.05. The molecule has 0 aromatic rings. The highest BCUT2D eigenvalue weighted by molar-refractivity contribution is 5.80. The topological polar surface area (TPSA) is 29.5 Å². The molecule has 1 fully saturated rings. The summed E-state index contributed by atoms with van der Waals surface area (Å²) in [6.45, 7) is 0. The lowest BCUT2D eigenvalue weighted by molar-refractivity contribution is -0.132. The first-order valence-electron chi connectivity index (χ1n) is 2.87. The van der Waals surface area contributed by atoms with Gasteiger partial charge in [-0.05, 0) is 0 Å². The van der Waals surface area contributed by atoms with Gasteiger partial charge in [-0.2, -0.15) is 0 Å². The molecule has 0 aliphatic carbocycles. The molecule has 51 valence electrons. The molecule has 0 aromatic heterocycles. The lowest BCUT2D eigenvalue weighted by Crippen LogP contribution is -2.29. The monoisotopic (exact) mass is 128 g/mol. The number of nitrogens with zero attached hydrogens (tertiary/aromatic N) is 1. The van der Waals surface area contributed by atoms with Gasteiger partial charge in [-0.1, -0.05) is 0 Å². The Hall–Kier alpha value is -0.570. The number of hydrogen-bond acceptors (Lipinski definition) is 2. The Bertz CT molecular complexity index is 124. The maximum absolute atomic E-state index is 10.8. The number of hydrogen-bond donors (Lipinski definition) is 0. The first kappa shape index (κ1) is 6.55. The summed E-state index contributed by atoms with van der Waals surface area (Å²) in [4.78, 5) is 12.3. The van der Waals surface area contributed by atoms with Crippen LogP contribution in [0.15, 0.2) is 0 Å². The molecule has 1 aliphatic heterocycles. The summed E-state index contributed by atoms with van der Waals surface area (Å²) >= 11 is 0. The van der Waals surface area contributed by atoms with E-state index in [-0.39, 0.29) is 12.1 Å². The number of amides is 1.